The molecule has 2 aromatic rings. The Kier molecular flexibility index (Phi) is 3.07. The average Bonchev–Trinajstić information content (AvgIpc) is 3.01. The number of carbonyl (C=O) groups excluding carboxylic acids is 1. The zero-order chi connectivity index (χ0) is 13.2. The maximum absolute atomic E-state index is 12.1. The number of hydrogen-bond donors (Lipinski definition) is 0. The summed E-state index contributed by atoms with van der Waals surface area (Å²) in [5, 5.41) is 4.39. The molecule has 0 N–H and O–H groups in total. The Morgan fingerprint density at radius 2 is 2.11 bits per heavy atom. The highest BCUT2D eigenvalue weighted by atomic mass is 16.5. The van der Waals surface area contributed by atoms with Gasteiger partial charge in [-0.25, -0.2) is 4.68 Å². The highest BCUT2D eigenvalue weighted by Gasteiger charge is 2.22. The zero-order valence-corrected chi connectivity index (χ0v) is 10.9. The fourth-order valence-electron chi connectivity index (χ4n) is 2.52. The van der Waals surface area contributed by atoms with Crippen LogP contribution >= 0.6 is 0 Å². The van der Waals surface area contributed by atoms with E-state index in [1.54, 1.807) is 0 Å². The van der Waals surface area contributed by atoms with E-state index in [1.165, 1.54) is 10.2 Å². The minimum atomic E-state index is -0.115. The van der Waals surface area contributed by atoms with Gasteiger partial charge in [0.1, 0.15) is 5.75 Å². The first-order valence-electron chi connectivity index (χ1n) is 6.54. The number of aromatic nitrogens is 2. The monoisotopic (exact) mass is 256 g/mol. The van der Waals surface area contributed by atoms with E-state index in [9.17, 15) is 4.79 Å². The van der Waals surface area contributed by atoms with Crippen molar-refractivity contribution in [2.75, 3.05) is 6.61 Å². The summed E-state index contributed by atoms with van der Waals surface area (Å²) in [6.45, 7) is 1.98. The van der Waals surface area contributed by atoms with E-state index in [0.717, 1.165) is 30.7 Å². The van der Waals surface area contributed by atoms with Crippen LogP contribution in [-0.4, -0.2) is 22.3 Å². The van der Waals surface area contributed by atoms with Gasteiger partial charge in [0.2, 0.25) is 0 Å². The SMILES string of the molecule is Cc1c2c(nn1C(=O)COc1ccccc1)CCC2. The van der Waals surface area contributed by atoms with E-state index in [2.05, 4.69) is 5.10 Å². The van der Waals surface area contributed by atoms with Crippen LogP contribution in [0.2, 0.25) is 0 Å². The molecule has 0 spiro atoms. The van der Waals surface area contributed by atoms with Crippen molar-refractivity contribution in [2.45, 2.75) is 26.2 Å². The molecule has 4 nitrogen and oxygen atoms in total. The maximum atomic E-state index is 12.1. The van der Waals surface area contributed by atoms with Crippen molar-refractivity contribution in [3.63, 3.8) is 0 Å². The molecule has 19 heavy (non-hydrogen) atoms. The summed E-state index contributed by atoms with van der Waals surface area (Å²) in [4.78, 5) is 12.1. The van der Waals surface area contributed by atoms with Crippen molar-refractivity contribution in [3.8, 4) is 5.75 Å². The molecule has 0 unspecified atom stereocenters. The minimum absolute atomic E-state index is 0.0193. The molecule has 1 aromatic heterocycles. The molecular formula is C15H16N2O2. The number of para-hydroxylation sites is 1. The number of fused-ring (bicyclic) bond motifs is 1. The van der Waals surface area contributed by atoms with Gasteiger partial charge in [-0.2, -0.15) is 5.10 Å². The smallest absolute Gasteiger partial charge is 0.284 e. The van der Waals surface area contributed by atoms with Gasteiger partial charge in [0.05, 0.1) is 5.69 Å². The van der Waals surface area contributed by atoms with Crippen molar-refractivity contribution in [1.82, 2.24) is 9.78 Å². The van der Waals surface area contributed by atoms with Crippen LogP contribution in [0.4, 0.5) is 0 Å². The molecule has 0 saturated heterocycles. The Hall–Kier alpha value is -2.10. The van der Waals surface area contributed by atoms with Crippen LogP contribution in [0.1, 0.15) is 28.2 Å². The summed E-state index contributed by atoms with van der Waals surface area (Å²) >= 11 is 0. The van der Waals surface area contributed by atoms with Crippen LogP contribution in [0.5, 0.6) is 5.75 Å². The molecule has 0 saturated carbocycles. The van der Waals surface area contributed by atoms with Gasteiger partial charge >= 0.3 is 0 Å². The summed E-state index contributed by atoms with van der Waals surface area (Å²) < 4.78 is 6.96. The van der Waals surface area contributed by atoms with Crippen molar-refractivity contribution in [3.05, 3.63) is 47.3 Å². The van der Waals surface area contributed by atoms with Crippen molar-refractivity contribution in [2.24, 2.45) is 0 Å². The van der Waals surface area contributed by atoms with E-state index < -0.39 is 0 Å². The third kappa shape index (κ3) is 2.26. The van der Waals surface area contributed by atoms with Crippen LogP contribution in [0.3, 0.4) is 0 Å². The Balaban J connectivity index is 1.71. The molecule has 0 aliphatic heterocycles. The standard InChI is InChI=1S/C15H16N2O2/c1-11-13-8-5-9-14(13)16-17(11)15(18)10-19-12-6-3-2-4-7-12/h2-4,6-7H,5,8-10H2,1H3. The number of carbonyl (C=O) groups is 1. The molecule has 1 heterocycles. The van der Waals surface area contributed by atoms with Crippen molar-refractivity contribution >= 4 is 5.91 Å². The second-order valence-electron chi connectivity index (χ2n) is 4.77. The summed E-state index contributed by atoms with van der Waals surface area (Å²) in [5.74, 6) is 0.587. The Morgan fingerprint density at radius 3 is 2.84 bits per heavy atom. The van der Waals surface area contributed by atoms with Gasteiger partial charge < -0.3 is 4.74 Å². The topological polar surface area (TPSA) is 44.1 Å². The molecule has 0 atom stereocenters. The highest BCUT2D eigenvalue weighted by Crippen LogP contribution is 2.24. The second-order valence-corrected chi connectivity index (χ2v) is 4.77. The summed E-state index contributed by atoms with van der Waals surface area (Å²) in [6, 6.07) is 9.35. The Morgan fingerprint density at radius 1 is 1.32 bits per heavy atom. The normalized spacial score (nSPS) is 13.3. The van der Waals surface area contributed by atoms with Crippen LogP contribution in [0.15, 0.2) is 30.3 Å². The first-order valence-corrected chi connectivity index (χ1v) is 6.54. The maximum Gasteiger partial charge on any atom is 0.284 e. The van der Waals surface area contributed by atoms with Gasteiger partial charge in [-0.05, 0) is 43.9 Å². The molecular weight excluding hydrogens is 240 g/mol. The van der Waals surface area contributed by atoms with Crippen molar-refractivity contribution in [1.29, 1.82) is 0 Å². The second kappa shape index (κ2) is 4.88. The van der Waals surface area contributed by atoms with E-state index in [4.69, 9.17) is 4.74 Å². The van der Waals surface area contributed by atoms with E-state index in [1.807, 2.05) is 37.3 Å². The molecule has 0 fully saturated rings. The largest absolute Gasteiger partial charge is 0.484 e. The number of hydrogen-bond acceptors (Lipinski definition) is 3. The molecule has 98 valence electrons. The molecule has 1 aliphatic rings. The van der Waals surface area contributed by atoms with Gasteiger partial charge in [-0.3, -0.25) is 4.79 Å². The molecule has 0 bridgehead atoms. The molecule has 0 amide bonds. The van der Waals surface area contributed by atoms with Gasteiger partial charge in [-0.15, -0.1) is 0 Å². The number of nitrogens with zero attached hydrogens (tertiary/aromatic N) is 2. The molecule has 1 aromatic carbocycles. The first kappa shape index (κ1) is 12.0. The van der Waals surface area contributed by atoms with Gasteiger partial charge in [0.25, 0.3) is 5.91 Å². The zero-order valence-electron chi connectivity index (χ0n) is 10.9. The Bertz CT molecular complexity index is 602. The molecule has 3 rings (SSSR count). The van der Waals surface area contributed by atoms with Crippen LogP contribution in [0.25, 0.3) is 0 Å². The third-order valence-corrected chi connectivity index (χ3v) is 3.51. The number of aryl methyl sites for hydroxylation is 1. The number of ether oxygens (including phenoxy) is 1. The fraction of sp³-hybridized carbons (Fsp3) is 0.333. The molecule has 1 aliphatic carbocycles. The highest BCUT2D eigenvalue weighted by molar-refractivity contribution is 5.80. The van der Waals surface area contributed by atoms with Gasteiger partial charge in [0, 0.05) is 5.69 Å². The number of benzene rings is 1. The van der Waals surface area contributed by atoms with E-state index >= 15 is 0 Å². The summed E-state index contributed by atoms with van der Waals surface area (Å²) in [7, 11) is 0. The lowest BCUT2D eigenvalue weighted by molar-refractivity contribution is 0.0817. The molecule has 0 radical (unpaired) electrons. The Labute approximate surface area is 112 Å². The summed E-state index contributed by atoms with van der Waals surface area (Å²) in [6.07, 6.45) is 3.16. The third-order valence-electron chi connectivity index (χ3n) is 3.51. The van der Waals surface area contributed by atoms with Crippen molar-refractivity contribution < 1.29 is 9.53 Å². The van der Waals surface area contributed by atoms with Crippen LogP contribution in [-0.2, 0) is 12.8 Å². The van der Waals surface area contributed by atoms with E-state index in [-0.39, 0.29) is 12.5 Å². The van der Waals surface area contributed by atoms with E-state index in [0.29, 0.717) is 5.75 Å². The molecule has 4 heteroatoms. The lowest BCUT2D eigenvalue weighted by Crippen LogP contribution is -2.22. The first-order chi connectivity index (χ1) is 9.25. The van der Waals surface area contributed by atoms with Crippen LogP contribution in [0, 0.1) is 6.92 Å². The lowest BCUT2D eigenvalue weighted by atomic mass is 10.2. The average molecular weight is 256 g/mol. The van der Waals surface area contributed by atoms with Crippen LogP contribution < -0.4 is 4.74 Å². The summed E-state index contributed by atoms with van der Waals surface area (Å²) in [5.41, 5.74) is 3.28. The van der Waals surface area contributed by atoms with Gasteiger partial charge in [-0.1, -0.05) is 18.2 Å². The fourth-order valence-corrected chi connectivity index (χ4v) is 2.52. The quantitative estimate of drug-likeness (QED) is 0.847. The predicted octanol–water partition coefficient (Wildman–Crippen LogP) is 2.40. The number of rotatable bonds is 3. The van der Waals surface area contributed by atoms with Gasteiger partial charge in [0.15, 0.2) is 6.61 Å². The minimum Gasteiger partial charge on any atom is -0.484 e. The predicted molar refractivity (Wildman–Crippen MR) is 71.6 cm³/mol. The lowest BCUT2D eigenvalue weighted by Gasteiger charge is -2.06.